The summed E-state index contributed by atoms with van der Waals surface area (Å²) in [6.45, 7) is 4.03. The average Bonchev–Trinajstić information content (AvgIpc) is 2.36. The van der Waals surface area contributed by atoms with Crippen molar-refractivity contribution in [1.82, 2.24) is 4.90 Å². The normalized spacial score (nSPS) is 11.9. The number of carbonyl (C=O) groups excluding carboxylic acids is 2. The number of hydrogen-bond donors (Lipinski definition) is 0. The Morgan fingerprint density at radius 3 is 2.33 bits per heavy atom. The van der Waals surface area contributed by atoms with E-state index in [2.05, 4.69) is 0 Å². The van der Waals surface area contributed by atoms with E-state index in [-0.39, 0.29) is 11.7 Å². The van der Waals surface area contributed by atoms with Crippen molar-refractivity contribution in [3.63, 3.8) is 0 Å². The van der Waals surface area contributed by atoms with Gasteiger partial charge in [-0.2, -0.15) is 0 Å². The van der Waals surface area contributed by atoms with Crippen molar-refractivity contribution in [2.75, 3.05) is 7.05 Å². The molecule has 1 rings (SSSR count). The zero-order chi connectivity index (χ0) is 13.5. The molecule has 1 atom stereocenters. The summed E-state index contributed by atoms with van der Waals surface area (Å²) in [6.07, 6.45) is 1.47. The molecule has 0 aliphatic carbocycles. The first-order valence-corrected chi connectivity index (χ1v) is 6.35. The zero-order valence-electron chi connectivity index (χ0n) is 11.3. The van der Waals surface area contributed by atoms with E-state index in [0.717, 1.165) is 12.0 Å². The molecule has 0 heterocycles. The first-order valence-electron chi connectivity index (χ1n) is 6.35. The molecule has 0 saturated heterocycles. The predicted octanol–water partition coefficient (Wildman–Crippen LogP) is 2.65. The van der Waals surface area contributed by atoms with Gasteiger partial charge in [0.1, 0.15) is 5.78 Å². The maximum Gasteiger partial charge on any atom is 0.233 e. The van der Waals surface area contributed by atoms with Gasteiger partial charge in [0.25, 0.3) is 0 Å². The fraction of sp³-hybridized carbons (Fsp3) is 0.467. The number of ketones is 1. The molecule has 98 valence electrons. The van der Waals surface area contributed by atoms with Crippen LogP contribution in [0.2, 0.25) is 0 Å². The number of benzene rings is 1. The quantitative estimate of drug-likeness (QED) is 0.725. The van der Waals surface area contributed by atoms with Gasteiger partial charge in [-0.1, -0.05) is 43.7 Å². The molecule has 0 fully saturated rings. The molecule has 0 aliphatic heterocycles. The first kappa shape index (κ1) is 14.4. The maximum atomic E-state index is 12.2. The number of nitrogens with zero attached hydrogens (tertiary/aromatic N) is 1. The van der Waals surface area contributed by atoms with Crippen LogP contribution in [-0.2, 0) is 16.1 Å². The molecule has 0 aliphatic rings. The summed E-state index contributed by atoms with van der Waals surface area (Å²) in [5, 5.41) is 0. The highest BCUT2D eigenvalue weighted by molar-refractivity contribution is 6.00. The third kappa shape index (κ3) is 3.99. The molecule has 1 aromatic carbocycles. The highest BCUT2D eigenvalue weighted by Gasteiger charge is 2.25. The molecule has 0 bridgehead atoms. The van der Waals surface area contributed by atoms with Crippen molar-refractivity contribution in [3.05, 3.63) is 35.9 Å². The van der Waals surface area contributed by atoms with Crippen LogP contribution in [0, 0.1) is 5.92 Å². The minimum absolute atomic E-state index is 0.0400. The van der Waals surface area contributed by atoms with Gasteiger partial charge in [-0.05, 0) is 18.9 Å². The molecule has 3 heteroatoms. The minimum atomic E-state index is -0.483. The Kier molecular flexibility index (Phi) is 5.56. The van der Waals surface area contributed by atoms with Crippen LogP contribution in [0.1, 0.15) is 32.3 Å². The highest BCUT2D eigenvalue weighted by atomic mass is 16.2. The van der Waals surface area contributed by atoms with Gasteiger partial charge < -0.3 is 4.90 Å². The van der Waals surface area contributed by atoms with Gasteiger partial charge in [0.05, 0.1) is 5.92 Å². The monoisotopic (exact) mass is 247 g/mol. The molecule has 0 aromatic heterocycles. The van der Waals surface area contributed by atoms with E-state index >= 15 is 0 Å². The zero-order valence-corrected chi connectivity index (χ0v) is 11.3. The molecule has 0 N–H and O–H groups in total. The second-order valence-electron chi connectivity index (χ2n) is 4.63. The van der Waals surface area contributed by atoms with Crippen molar-refractivity contribution in [2.24, 2.45) is 5.92 Å². The summed E-state index contributed by atoms with van der Waals surface area (Å²) in [6, 6.07) is 9.80. The molecule has 0 spiro atoms. The Balaban J connectivity index is 2.67. The number of hydrogen-bond acceptors (Lipinski definition) is 2. The predicted molar refractivity (Wildman–Crippen MR) is 72.0 cm³/mol. The van der Waals surface area contributed by atoms with E-state index < -0.39 is 5.92 Å². The van der Waals surface area contributed by atoms with E-state index in [1.807, 2.05) is 37.3 Å². The van der Waals surface area contributed by atoms with Gasteiger partial charge >= 0.3 is 0 Å². The van der Waals surface area contributed by atoms with Crippen LogP contribution in [0.4, 0.5) is 0 Å². The third-order valence-electron chi connectivity index (χ3n) is 3.00. The summed E-state index contributed by atoms with van der Waals surface area (Å²) >= 11 is 0. The SMILES string of the molecule is CCCC(C(C)=O)C(=O)N(C)Cc1ccccc1. The van der Waals surface area contributed by atoms with Gasteiger partial charge in [-0.15, -0.1) is 0 Å². The topological polar surface area (TPSA) is 37.4 Å². The number of amides is 1. The fourth-order valence-corrected chi connectivity index (χ4v) is 1.99. The summed E-state index contributed by atoms with van der Waals surface area (Å²) in [4.78, 5) is 25.3. The van der Waals surface area contributed by atoms with Crippen LogP contribution in [0.25, 0.3) is 0 Å². The standard InChI is InChI=1S/C15H21NO2/c1-4-8-14(12(2)17)15(18)16(3)11-13-9-6-5-7-10-13/h5-7,9-10,14H,4,8,11H2,1-3H3. The molecule has 1 aromatic rings. The Bertz CT molecular complexity index is 400. The van der Waals surface area contributed by atoms with Crippen molar-refractivity contribution in [1.29, 1.82) is 0 Å². The Morgan fingerprint density at radius 2 is 1.83 bits per heavy atom. The van der Waals surface area contributed by atoms with Crippen LogP contribution in [0.5, 0.6) is 0 Å². The van der Waals surface area contributed by atoms with E-state index in [4.69, 9.17) is 0 Å². The van der Waals surface area contributed by atoms with Crippen molar-refractivity contribution in [3.8, 4) is 0 Å². The molecular weight excluding hydrogens is 226 g/mol. The van der Waals surface area contributed by atoms with Gasteiger partial charge in [0, 0.05) is 13.6 Å². The summed E-state index contributed by atoms with van der Waals surface area (Å²) in [7, 11) is 1.75. The molecular formula is C15H21NO2. The van der Waals surface area contributed by atoms with E-state index in [1.165, 1.54) is 6.92 Å². The minimum Gasteiger partial charge on any atom is -0.341 e. The summed E-state index contributed by atoms with van der Waals surface area (Å²) in [5.74, 6) is -0.598. The van der Waals surface area contributed by atoms with Crippen LogP contribution in [0.15, 0.2) is 30.3 Å². The lowest BCUT2D eigenvalue weighted by Crippen LogP contribution is -2.35. The molecule has 0 radical (unpaired) electrons. The van der Waals surface area contributed by atoms with Crippen molar-refractivity contribution >= 4 is 11.7 Å². The summed E-state index contributed by atoms with van der Waals surface area (Å²) < 4.78 is 0. The fourth-order valence-electron chi connectivity index (χ4n) is 1.99. The highest BCUT2D eigenvalue weighted by Crippen LogP contribution is 2.13. The molecule has 1 unspecified atom stereocenters. The lowest BCUT2D eigenvalue weighted by atomic mass is 9.98. The first-order chi connectivity index (χ1) is 8.56. The lowest BCUT2D eigenvalue weighted by molar-refractivity contribution is -0.140. The van der Waals surface area contributed by atoms with Crippen LogP contribution >= 0.6 is 0 Å². The number of rotatable bonds is 6. The van der Waals surface area contributed by atoms with Gasteiger partial charge in [0.15, 0.2) is 0 Å². The van der Waals surface area contributed by atoms with E-state index in [9.17, 15) is 9.59 Å². The smallest absolute Gasteiger partial charge is 0.233 e. The Hall–Kier alpha value is -1.64. The van der Waals surface area contributed by atoms with Crippen LogP contribution in [-0.4, -0.2) is 23.6 Å². The lowest BCUT2D eigenvalue weighted by Gasteiger charge is -2.22. The number of carbonyl (C=O) groups is 2. The number of Topliss-reactive ketones (excluding diaryl/α,β-unsaturated/α-hetero) is 1. The molecule has 0 saturated carbocycles. The van der Waals surface area contributed by atoms with Crippen molar-refractivity contribution in [2.45, 2.75) is 33.2 Å². The second-order valence-corrected chi connectivity index (χ2v) is 4.63. The average molecular weight is 247 g/mol. The third-order valence-corrected chi connectivity index (χ3v) is 3.00. The van der Waals surface area contributed by atoms with Crippen LogP contribution < -0.4 is 0 Å². The Labute approximate surface area is 109 Å². The van der Waals surface area contributed by atoms with Gasteiger partial charge in [-0.3, -0.25) is 9.59 Å². The Morgan fingerprint density at radius 1 is 1.22 bits per heavy atom. The second kappa shape index (κ2) is 6.94. The van der Waals surface area contributed by atoms with E-state index in [0.29, 0.717) is 13.0 Å². The van der Waals surface area contributed by atoms with Gasteiger partial charge in [-0.25, -0.2) is 0 Å². The van der Waals surface area contributed by atoms with Gasteiger partial charge in [0.2, 0.25) is 5.91 Å². The molecule has 18 heavy (non-hydrogen) atoms. The van der Waals surface area contributed by atoms with Crippen LogP contribution in [0.3, 0.4) is 0 Å². The summed E-state index contributed by atoms with van der Waals surface area (Å²) in [5.41, 5.74) is 1.08. The molecule has 1 amide bonds. The molecule has 3 nitrogen and oxygen atoms in total. The van der Waals surface area contributed by atoms with E-state index in [1.54, 1.807) is 11.9 Å². The largest absolute Gasteiger partial charge is 0.341 e. The van der Waals surface area contributed by atoms with Crippen molar-refractivity contribution < 1.29 is 9.59 Å². The maximum absolute atomic E-state index is 12.2.